The molecule has 0 aliphatic rings. The van der Waals surface area contributed by atoms with Crippen LogP contribution in [0.3, 0.4) is 0 Å². The van der Waals surface area contributed by atoms with Crippen molar-refractivity contribution in [3.05, 3.63) is 35.9 Å². The van der Waals surface area contributed by atoms with Gasteiger partial charge in [0, 0.05) is 0 Å². The molecule has 1 aromatic rings. The number of aliphatic hydroxyl groups is 1. The Bertz CT molecular complexity index is 315. The van der Waals surface area contributed by atoms with Crippen LogP contribution in [0.15, 0.2) is 30.3 Å². The van der Waals surface area contributed by atoms with E-state index in [1.807, 2.05) is 37.3 Å². The summed E-state index contributed by atoms with van der Waals surface area (Å²) in [5, 5.41) is 12.5. The summed E-state index contributed by atoms with van der Waals surface area (Å²) in [5.41, 5.74) is 0.589. The molecule has 0 bridgehead atoms. The molecule has 1 aromatic carbocycles. The molecule has 1 rings (SSSR count). The van der Waals surface area contributed by atoms with E-state index < -0.39 is 5.54 Å². The number of nitrogens with one attached hydrogen (secondary N) is 1. The first-order chi connectivity index (χ1) is 6.73. The Hall–Kier alpha value is -1.30. The molecule has 74 valence electrons. The van der Waals surface area contributed by atoms with Gasteiger partial charge in [0.05, 0.1) is 18.7 Å². The maximum absolute atomic E-state index is 9.33. The molecule has 1 atom stereocenters. The molecule has 0 fully saturated rings. The maximum Gasteiger partial charge on any atom is 0.0652 e. The second-order valence-electron chi connectivity index (χ2n) is 3.41. The summed E-state index contributed by atoms with van der Waals surface area (Å²) >= 11 is 0. The van der Waals surface area contributed by atoms with Gasteiger partial charge in [-0.25, -0.2) is 0 Å². The number of terminal acetylenes is 1. The van der Waals surface area contributed by atoms with Gasteiger partial charge in [0.1, 0.15) is 0 Å². The molecule has 0 heterocycles. The van der Waals surface area contributed by atoms with Gasteiger partial charge in [-0.15, -0.1) is 6.42 Å². The lowest BCUT2D eigenvalue weighted by Gasteiger charge is -2.28. The second kappa shape index (κ2) is 4.80. The van der Waals surface area contributed by atoms with Crippen molar-refractivity contribution in [2.24, 2.45) is 0 Å². The van der Waals surface area contributed by atoms with Crippen molar-refractivity contribution in [1.29, 1.82) is 0 Å². The summed E-state index contributed by atoms with van der Waals surface area (Å²) in [6, 6.07) is 9.78. The predicted molar refractivity (Wildman–Crippen MR) is 57.7 cm³/mol. The minimum absolute atomic E-state index is 0.0265. The van der Waals surface area contributed by atoms with Gasteiger partial charge in [0.15, 0.2) is 0 Å². The zero-order valence-corrected chi connectivity index (χ0v) is 8.33. The third-order valence-electron chi connectivity index (χ3n) is 2.31. The van der Waals surface area contributed by atoms with Gasteiger partial charge in [-0.3, -0.25) is 5.32 Å². The van der Waals surface area contributed by atoms with Crippen LogP contribution in [0.2, 0.25) is 0 Å². The first-order valence-corrected chi connectivity index (χ1v) is 4.58. The summed E-state index contributed by atoms with van der Waals surface area (Å²) in [6.07, 6.45) is 5.17. The van der Waals surface area contributed by atoms with Crippen LogP contribution in [0.1, 0.15) is 12.5 Å². The zero-order chi connectivity index (χ0) is 10.4. The van der Waals surface area contributed by atoms with Gasteiger partial charge in [-0.1, -0.05) is 36.3 Å². The zero-order valence-electron chi connectivity index (χ0n) is 8.33. The minimum Gasteiger partial charge on any atom is -0.394 e. The molecule has 0 aromatic heterocycles. The molecule has 2 N–H and O–H groups in total. The second-order valence-corrected chi connectivity index (χ2v) is 3.41. The highest BCUT2D eigenvalue weighted by Crippen LogP contribution is 2.18. The van der Waals surface area contributed by atoms with Crippen LogP contribution in [-0.2, 0) is 5.54 Å². The van der Waals surface area contributed by atoms with E-state index in [1.165, 1.54) is 0 Å². The van der Waals surface area contributed by atoms with Crippen molar-refractivity contribution < 1.29 is 5.11 Å². The molecule has 2 nitrogen and oxygen atoms in total. The summed E-state index contributed by atoms with van der Waals surface area (Å²) in [6.45, 7) is 2.41. The fourth-order valence-electron chi connectivity index (χ4n) is 1.30. The third kappa shape index (κ3) is 2.35. The Morgan fingerprint density at radius 2 is 2.07 bits per heavy atom. The molecular formula is C12H15NO. The summed E-state index contributed by atoms with van der Waals surface area (Å²) < 4.78 is 0. The molecule has 14 heavy (non-hydrogen) atoms. The Labute approximate surface area is 85.0 Å². The lowest BCUT2D eigenvalue weighted by atomic mass is 9.93. The molecular weight excluding hydrogens is 174 g/mol. The average Bonchev–Trinajstić information content (AvgIpc) is 2.27. The first kappa shape index (κ1) is 10.8. The highest BCUT2D eigenvalue weighted by atomic mass is 16.3. The van der Waals surface area contributed by atoms with Gasteiger partial charge in [0.25, 0.3) is 0 Å². The molecule has 0 amide bonds. The van der Waals surface area contributed by atoms with Gasteiger partial charge in [-0.05, 0) is 12.5 Å². The van der Waals surface area contributed by atoms with E-state index in [4.69, 9.17) is 6.42 Å². The molecule has 1 unspecified atom stereocenters. The SMILES string of the molecule is C#CCNC(C)(CO)c1ccccc1. The fourth-order valence-corrected chi connectivity index (χ4v) is 1.30. The van der Waals surface area contributed by atoms with E-state index in [1.54, 1.807) is 0 Å². The molecule has 0 saturated heterocycles. The van der Waals surface area contributed by atoms with Crippen LogP contribution in [0.4, 0.5) is 0 Å². The van der Waals surface area contributed by atoms with Crippen molar-refractivity contribution in [2.75, 3.05) is 13.2 Å². The van der Waals surface area contributed by atoms with Gasteiger partial charge in [0.2, 0.25) is 0 Å². The smallest absolute Gasteiger partial charge is 0.0652 e. The van der Waals surface area contributed by atoms with Crippen molar-refractivity contribution in [3.8, 4) is 12.3 Å². The highest BCUT2D eigenvalue weighted by Gasteiger charge is 2.23. The van der Waals surface area contributed by atoms with Crippen molar-refractivity contribution in [1.82, 2.24) is 5.32 Å². The predicted octanol–water partition coefficient (Wildman–Crippen LogP) is 1.12. The highest BCUT2D eigenvalue weighted by molar-refractivity contribution is 5.24. The van der Waals surface area contributed by atoms with Gasteiger partial charge >= 0.3 is 0 Å². The van der Waals surface area contributed by atoms with E-state index in [2.05, 4.69) is 11.2 Å². The number of aliphatic hydroxyl groups excluding tert-OH is 1. The normalized spacial score (nSPS) is 14.4. The topological polar surface area (TPSA) is 32.3 Å². The van der Waals surface area contributed by atoms with E-state index in [0.717, 1.165) is 5.56 Å². The molecule has 2 heteroatoms. The molecule has 0 saturated carbocycles. The Morgan fingerprint density at radius 1 is 1.43 bits per heavy atom. The standard InChI is InChI=1S/C12H15NO/c1-3-9-13-12(2,10-14)11-7-5-4-6-8-11/h1,4-8,13-14H,9-10H2,2H3. The third-order valence-corrected chi connectivity index (χ3v) is 2.31. The van der Waals surface area contributed by atoms with E-state index in [9.17, 15) is 5.11 Å². The summed E-state index contributed by atoms with van der Waals surface area (Å²) in [5.74, 6) is 2.51. The van der Waals surface area contributed by atoms with Crippen LogP contribution in [0.25, 0.3) is 0 Å². The molecule has 0 spiro atoms. The van der Waals surface area contributed by atoms with E-state index >= 15 is 0 Å². The monoisotopic (exact) mass is 189 g/mol. The lowest BCUT2D eigenvalue weighted by molar-refractivity contribution is 0.180. The Morgan fingerprint density at radius 3 is 2.57 bits per heavy atom. The van der Waals surface area contributed by atoms with E-state index in [0.29, 0.717) is 6.54 Å². The largest absolute Gasteiger partial charge is 0.394 e. The number of rotatable bonds is 4. The average molecular weight is 189 g/mol. The molecule has 0 radical (unpaired) electrons. The van der Waals surface area contributed by atoms with Crippen molar-refractivity contribution in [3.63, 3.8) is 0 Å². The Balaban J connectivity index is 2.85. The van der Waals surface area contributed by atoms with E-state index in [-0.39, 0.29) is 6.61 Å². The van der Waals surface area contributed by atoms with Crippen LogP contribution in [0.5, 0.6) is 0 Å². The summed E-state index contributed by atoms with van der Waals surface area (Å²) in [7, 11) is 0. The van der Waals surface area contributed by atoms with Crippen LogP contribution >= 0.6 is 0 Å². The number of hydrogen-bond donors (Lipinski definition) is 2. The Kier molecular flexibility index (Phi) is 3.70. The molecule has 0 aliphatic heterocycles. The summed E-state index contributed by atoms with van der Waals surface area (Å²) in [4.78, 5) is 0. The fraction of sp³-hybridized carbons (Fsp3) is 0.333. The quantitative estimate of drug-likeness (QED) is 0.696. The first-order valence-electron chi connectivity index (χ1n) is 4.58. The van der Waals surface area contributed by atoms with Crippen LogP contribution in [0, 0.1) is 12.3 Å². The number of benzene rings is 1. The molecule has 0 aliphatic carbocycles. The van der Waals surface area contributed by atoms with Gasteiger partial charge < -0.3 is 5.11 Å². The maximum atomic E-state index is 9.33. The number of hydrogen-bond acceptors (Lipinski definition) is 2. The minimum atomic E-state index is -0.451. The van der Waals surface area contributed by atoms with Crippen molar-refractivity contribution >= 4 is 0 Å². The van der Waals surface area contributed by atoms with Crippen LogP contribution < -0.4 is 5.32 Å². The van der Waals surface area contributed by atoms with Crippen molar-refractivity contribution in [2.45, 2.75) is 12.5 Å². The lowest BCUT2D eigenvalue weighted by Crippen LogP contribution is -2.43. The van der Waals surface area contributed by atoms with Gasteiger partial charge in [-0.2, -0.15) is 0 Å². The van der Waals surface area contributed by atoms with Crippen LogP contribution in [-0.4, -0.2) is 18.3 Å².